The van der Waals surface area contributed by atoms with E-state index in [1.54, 1.807) is 6.33 Å². The van der Waals surface area contributed by atoms with Crippen molar-refractivity contribution < 1.29 is 4.79 Å². The summed E-state index contributed by atoms with van der Waals surface area (Å²) in [5, 5.41) is 6.17. The Hall–Kier alpha value is -1.85. The van der Waals surface area contributed by atoms with Crippen LogP contribution in [-0.2, 0) is 4.79 Å². The number of amides is 1. The van der Waals surface area contributed by atoms with Gasteiger partial charge < -0.3 is 15.5 Å². The molecule has 1 aromatic heterocycles. The third kappa shape index (κ3) is 5.69. The van der Waals surface area contributed by atoms with Crippen LogP contribution in [0.25, 0.3) is 0 Å². The lowest BCUT2D eigenvalue weighted by atomic mass is 9.92. The zero-order valence-electron chi connectivity index (χ0n) is 14.3. The van der Waals surface area contributed by atoms with Gasteiger partial charge in [0.15, 0.2) is 0 Å². The summed E-state index contributed by atoms with van der Waals surface area (Å²) in [6.45, 7) is 7.79. The number of nitrogens with zero attached hydrogens (tertiary/aromatic N) is 3. The monoisotopic (exact) mass is 319 g/mol. The molecule has 1 fully saturated rings. The number of rotatable bonds is 8. The fourth-order valence-corrected chi connectivity index (χ4v) is 2.94. The standard InChI is InChI=1S/C17H29N5O/c1-3-9-19-17(23)6-5-14-7-10-22(11-8-14)16-12-15(18-4-2)20-13-21-16/h12-14H,3-11H2,1-2H3,(H,19,23)(H,18,20,21). The smallest absolute Gasteiger partial charge is 0.220 e. The van der Waals surface area contributed by atoms with E-state index in [0.29, 0.717) is 12.3 Å². The van der Waals surface area contributed by atoms with Gasteiger partial charge in [-0.3, -0.25) is 4.79 Å². The van der Waals surface area contributed by atoms with Gasteiger partial charge in [-0.1, -0.05) is 6.92 Å². The topological polar surface area (TPSA) is 70.2 Å². The molecule has 0 atom stereocenters. The molecule has 1 aliphatic rings. The lowest BCUT2D eigenvalue weighted by Crippen LogP contribution is -2.35. The second kappa shape index (κ2) is 9.33. The molecule has 1 aliphatic heterocycles. The molecule has 2 heterocycles. The highest BCUT2D eigenvalue weighted by molar-refractivity contribution is 5.75. The highest BCUT2D eigenvalue weighted by atomic mass is 16.1. The van der Waals surface area contributed by atoms with Crippen LogP contribution in [0.15, 0.2) is 12.4 Å². The SMILES string of the molecule is CCCNC(=O)CCC1CCN(c2cc(NCC)ncn2)CC1. The fraction of sp³-hybridized carbons (Fsp3) is 0.706. The normalized spacial score (nSPS) is 15.5. The van der Waals surface area contributed by atoms with Crippen LogP contribution in [-0.4, -0.2) is 42.1 Å². The van der Waals surface area contributed by atoms with E-state index in [2.05, 4.69) is 39.3 Å². The number of aromatic nitrogens is 2. The number of piperidine rings is 1. The Kier molecular flexibility index (Phi) is 7.10. The van der Waals surface area contributed by atoms with Gasteiger partial charge in [0.1, 0.15) is 18.0 Å². The second-order valence-corrected chi connectivity index (χ2v) is 6.11. The largest absolute Gasteiger partial charge is 0.370 e. The molecule has 0 aliphatic carbocycles. The summed E-state index contributed by atoms with van der Waals surface area (Å²) < 4.78 is 0. The van der Waals surface area contributed by atoms with Gasteiger partial charge in [-0.25, -0.2) is 9.97 Å². The van der Waals surface area contributed by atoms with E-state index in [-0.39, 0.29) is 5.91 Å². The minimum absolute atomic E-state index is 0.195. The summed E-state index contributed by atoms with van der Waals surface area (Å²) in [6.07, 6.45) is 6.52. The Morgan fingerprint density at radius 1 is 1.30 bits per heavy atom. The van der Waals surface area contributed by atoms with Crippen LogP contribution in [0.4, 0.5) is 11.6 Å². The first-order chi connectivity index (χ1) is 11.2. The molecule has 0 radical (unpaired) electrons. The first kappa shape index (κ1) is 17.5. The minimum Gasteiger partial charge on any atom is -0.370 e. The number of nitrogens with one attached hydrogen (secondary N) is 2. The maximum absolute atomic E-state index is 11.7. The van der Waals surface area contributed by atoms with Gasteiger partial charge >= 0.3 is 0 Å². The highest BCUT2D eigenvalue weighted by Gasteiger charge is 2.21. The van der Waals surface area contributed by atoms with Crippen molar-refractivity contribution in [3.63, 3.8) is 0 Å². The number of hydrogen-bond donors (Lipinski definition) is 2. The van der Waals surface area contributed by atoms with E-state index < -0.39 is 0 Å². The van der Waals surface area contributed by atoms with Crippen LogP contribution in [0.1, 0.15) is 46.0 Å². The van der Waals surface area contributed by atoms with Crippen LogP contribution < -0.4 is 15.5 Å². The van der Waals surface area contributed by atoms with E-state index in [1.165, 1.54) is 0 Å². The lowest BCUT2D eigenvalue weighted by molar-refractivity contribution is -0.121. The summed E-state index contributed by atoms with van der Waals surface area (Å²) in [7, 11) is 0. The second-order valence-electron chi connectivity index (χ2n) is 6.11. The van der Waals surface area contributed by atoms with E-state index in [9.17, 15) is 4.79 Å². The maximum Gasteiger partial charge on any atom is 0.220 e. The van der Waals surface area contributed by atoms with Crippen molar-refractivity contribution in [2.45, 2.75) is 46.0 Å². The van der Waals surface area contributed by atoms with E-state index in [1.807, 2.05) is 6.07 Å². The molecule has 6 heteroatoms. The third-order valence-electron chi connectivity index (χ3n) is 4.30. The van der Waals surface area contributed by atoms with Crippen molar-refractivity contribution in [2.75, 3.05) is 36.4 Å². The van der Waals surface area contributed by atoms with Gasteiger partial charge in [0.05, 0.1) is 0 Å². The van der Waals surface area contributed by atoms with Gasteiger partial charge in [0, 0.05) is 38.7 Å². The van der Waals surface area contributed by atoms with Crippen molar-refractivity contribution >= 4 is 17.5 Å². The van der Waals surface area contributed by atoms with Crippen molar-refractivity contribution in [1.29, 1.82) is 0 Å². The summed E-state index contributed by atoms with van der Waals surface area (Å²) in [6, 6.07) is 2.02. The van der Waals surface area contributed by atoms with Crippen LogP contribution in [0.5, 0.6) is 0 Å². The van der Waals surface area contributed by atoms with Crippen LogP contribution in [0.2, 0.25) is 0 Å². The zero-order chi connectivity index (χ0) is 16.5. The van der Waals surface area contributed by atoms with E-state index >= 15 is 0 Å². The molecule has 0 aromatic carbocycles. The van der Waals surface area contributed by atoms with Gasteiger partial charge in [0.25, 0.3) is 0 Å². The van der Waals surface area contributed by atoms with Gasteiger partial charge in [-0.05, 0) is 38.5 Å². The predicted molar refractivity (Wildman–Crippen MR) is 93.7 cm³/mol. The number of carbonyl (C=O) groups excluding carboxylic acids is 1. The predicted octanol–water partition coefficient (Wildman–Crippen LogP) is 2.43. The van der Waals surface area contributed by atoms with E-state index in [0.717, 1.165) is 63.5 Å². The molecule has 2 rings (SSSR count). The first-order valence-electron chi connectivity index (χ1n) is 8.80. The number of carbonyl (C=O) groups is 1. The van der Waals surface area contributed by atoms with Gasteiger partial charge in [-0.15, -0.1) is 0 Å². The summed E-state index contributed by atoms with van der Waals surface area (Å²) in [4.78, 5) is 22.6. The van der Waals surface area contributed by atoms with E-state index in [4.69, 9.17) is 0 Å². The number of anilines is 2. The van der Waals surface area contributed by atoms with Crippen molar-refractivity contribution in [2.24, 2.45) is 5.92 Å². The number of hydrogen-bond acceptors (Lipinski definition) is 5. The molecule has 1 aromatic rings. The van der Waals surface area contributed by atoms with Gasteiger partial charge in [0.2, 0.25) is 5.91 Å². The third-order valence-corrected chi connectivity index (χ3v) is 4.30. The Balaban J connectivity index is 1.75. The molecular weight excluding hydrogens is 290 g/mol. The lowest BCUT2D eigenvalue weighted by Gasteiger charge is -2.32. The average molecular weight is 319 g/mol. The Morgan fingerprint density at radius 3 is 2.78 bits per heavy atom. The molecule has 0 spiro atoms. The molecule has 0 bridgehead atoms. The highest BCUT2D eigenvalue weighted by Crippen LogP contribution is 2.25. The molecule has 128 valence electrons. The molecular formula is C17H29N5O. The average Bonchev–Trinajstić information content (AvgIpc) is 2.59. The van der Waals surface area contributed by atoms with Crippen molar-refractivity contribution in [1.82, 2.24) is 15.3 Å². The molecule has 23 heavy (non-hydrogen) atoms. The first-order valence-corrected chi connectivity index (χ1v) is 8.80. The minimum atomic E-state index is 0.195. The maximum atomic E-state index is 11.7. The van der Waals surface area contributed by atoms with Gasteiger partial charge in [-0.2, -0.15) is 0 Å². The molecule has 1 saturated heterocycles. The zero-order valence-corrected chi connectivity index (χ0v) is 14.3. The Morgan fingerprint density at radius 2 is 2.09 bits per heavy atom. The van der Waals surface area contributed by atoms with Crippen LogP contribution >= 0.6 is 0 Å². The molecule has 6 nitrogen and oxygen atoms in total. The molecule has 0 saturated carbocycles. The molecule has 0 unspecified atom stereocenters. The quantitative estimate of drug-likeness (QED) is 0.770. The Bertz CT molecular complexity index is 486. The van der Waals surface area contributed by atoms with Crippen LogP contribution in [0.3, 0.4) is 0 Å². The molecule has 1 amide bonds. The summed E-state index contributed by atoms with van der Waals surface area (Å²) >= 11 is 0. The van der Waals surface area contributed by atoms with Crippen molar-refractivity contribution in [3.05, 3.63) is 12.4 Å². The van der Waals surface area contributed by atoms with Crippen molar-refractivity contribution in [3.8, 4) is 0 Å². The summed E-state index contributed by atoms with van der Waals surface area (Å²) in [5.74, 6) is 2.72. The molecule has 2 N–H and O–H groups in total. The fourth-order valence-electron chi connectivity index (χ4n) is 2.94. The van der Waals surface area contributed by atoms with Crippen LogP contribution in [0, 0.1) is 5.92 Å². The Labute approximate surface area is 139 Å². The summed E-state index contributed by atoms with van der Waals surface area (Å²) in [5.41, 5.74) is 0.